The Kier molecular flexibility index (Phi) is 5.00. The van der Waals surface area contributed by atoms with Crippen LogP contribution < -0.4 is 0 Å². The van der Waals surface area contributed by atoms with Gasteiger partial charge in [0.05, 0.1) is 0 Å². The van der Waals surface area contributed by atoms with Gasteiger partial charge in [-0.2, -0.15) is 0 Å². The van der Waals surface area contributed by atoms with Gasteiger partial charge in [-0.25, -0.2) is 0 Å². The van der Waals surface area contributed by atoms with Crippen molar-refractivity contribution in [3.63, 3.8) is 0 Å². The summed E-state index contributed by atoms with van der Waals surface area (Å²) >= 11 is 0. The van der Waals surface area contributed by atoms with Gasteiger partial charge in [-0.05, 0) is 44.8 Å². The Balaban J connectivity index is 3.83. The third kappa shape index (κ3) is 5.61. The van der Waals surface area contributed by atoms with Crippen LogP contribution in [0.15, 0.2) is 16.9 Å². The highest BCUT2D eigenvalue weighted by Gasteiger charge is 1.86. The Hall–Kier alpha value is -0.520. The van der Waals surface area contributed by atoms with Crippen LogP contribution in [0.25, 0.3) is 0 Å². The summed E-state index contributed by atoms with van der Waals surface area (Å²) in [5.41, 5.74) is 5.63. The quantitative estimate of drug-likeness (QED) is 0.596. The molecular weight excluding hydrogens is 124 g/mol. The molecule has 0 unspecified atom stereocenters. The van der Waals surface area contributed by atoms with Gasteiger partial charge in [0.25, 0.3) is 0 Å². The molecule has 0 aromatic heterocycles. The van der Waals surface area contributed by atoms with Crippen LogP contribution in [-0.4, -0.2) is 11.7 Å². The minimum Gasteiger partial charge on any atom is -0.396 e. The molecule has 0 atom stereocenters. The van der Waals surface area contributed by atoms with E-state index in [9.17, 15) is 0 Å². The summed E-state index contributed by atoms with van der Waals surface area (Å²) in [4.78, 5) is 0. The highest BCUT2D eigenvalue weighted by molar-refractivity contribution is 5.03. The van der Waals surface area contributed by atoms with Crippen LogP contribution in [0.3, 0.4) is 0 Å². The van der Waals surface area contributed by atoms with E-state index >= 15 is 0 Å². The minimum absolute atomic E-state index is 0.280. The lowest BCUT2D eigenvalue weighted by Crippen LogP contribution is -1.82. The summed E-state index contributed by atoms with van der Waals surface area (Å²) in [6.07, 6.45) is 1.81. The van der Waals surface area contributed by atoms with Crippen LogP contribution in [-0.2, 0) is 0 Å². The monoisotopic (exact) mass is 140 g/mol. The van der Waals surface area contributed by atoms with Crippen molar-refractivity contribution in [2.75, 3.05) is 6.61 Å². The van der Waals surface area contributed by atoms with Gasteiger partial charge in [0.1, 0.15) is 0 Å². The fourth-order valence-corrected chi connectivity index (χ4v) is 0.833. The van der Waals surface area contributed by atoms with E-state index in [0.29, 0.717) is 0 Å². The highest BCUT2D eigenvalue weighted by Crippen LogP contribution is 2.02. The van der Waals surface area contributed by atoms with Crippen LogP contribution in [0.2, 0.25) is 0 Å². The number of allylic oxidation sites excluding steroid dienone is 1. The zero-order valence-electron chi connectivity index (χ0n) is 7.07. The molecule has 0 aliphatic rings. The van der Waals surface area contributed by atoms with Crippen molar-refractivity contribution >= 4 is 0 Å². The molecule has 1 nitrogen and oxygen atoms in total. The summed E-state index contributed by atoms with van der Waals surface area (Å²) in [6.45, 7) is 6.38. The molecule has 0 aliphatic heterocycles. The van der Waals surface area contributed by atoms with Gasteiger partial charge in [0, 0.05) is 6.61 Å². The molecule has 0 amide bonds. The Bertz CT molecular complexity index is 146. The van der Waals surface area contributed by atoms with Gasteiger partial charge in [-0.15, -0.1) is 5.73 Å². The van der Waals surface area contributed by atoms with Gasteiger partial charge in [-0.3, -0.25) is 0 Å². The first-order valence-electron chi connectivity index (χ1n) is 3.67. The van der Waals surface area contributed by atoms with Crippen molar-refractivity contribution in [2.24, 2.45) is 0 Å². The second-order valence-electron chi connectivity index (χ2n) is 2.73. The molecule has 0 aliphatic carbocycles. The van der Waals surface area contributed by atoms with Gasteiger partial charge in [0.2, 0.25) is 0 Å². The average Bonchev–Trinajstić information content (AvgIpc) is 1.82. The summed E-state index contributed by atoms with van der Waals surface area (Å²) in [5, 5.41) is 8.50. The molecule has 0 fully saturated rings. The molecule has 0 heterocycles. The largest absolute Gasteiger partial charge is 0.396 e. The number of hydrogen-bond donors (Lipinski definition) is 1. The zero-order valence-corrected chi connectivity index (χ0v) is 7.07. The first-order valence-corrected chi connectivity index (χ1v) is 3.67. The van der Waals surface area contributed by atoms with Crippen LogP contribution in [0.1, 0.15) is 33.6 Å². The summed E-state index contributed by atoms with van der Waals surface area (Å²) in [6, 6.07) is 0. The van der Waals surface area contributed by atoms with Gasteiger partial charge in [-0.1, -0.05) is 0 Å². The van der Waals surface area contributed by atoms with Gasteiger partial charge >= 0.3 is 0 Å². The Morgan fingerprint density at radius 1 is 1.30 bits per heavy atom. The van der Waals surface area contributed by atoms with Crippen molar-refractivity contribution in [3.8, 4) is 0 Å². The summed E-state index contributed by atoms with van der Waals surface area (Å²) in [7, 11) is 0. The molecule has 0 rings (SSSR count). The predicted octanol–water partition coefficient (Wildman–Crippen LogP) is 2.27. The van der Waals surface area contributed by atoms with E-state index in [1.165, 1.54) is 11.1 Å². The molecule has 0 radical (unpaired) electrons. The second-order valence-corrected chi connectivity index (χ2v) is 2.73. The van der Waals surface area contributed by atoms with Crippen molar-refractivity contribution in [1.82, 2.24) is 0 Å². The van der Waals surface area contributed by atoms with Gasteiger partial charge < -0.3 is 5.11 Å². The molecule has 0 aromatic carbocycles. The lowest BCUT2D eigenvalue weighted by atomic mass is 10.1. The van der Waals surface area contributed by atoms with E-state index in [0.717, 1.165) is 12.8 Å². The lowest BCUT2D eigenvalue weighted by molar-refractivity contribution is 0.288. The summed E-state index contributed by atoms with van der Waals surface area (Å²) in [5.74, 6) is 0. The van der Waals surface area contributed by atoms with Crippen LogP contribution >= 0.6 is 0 Å². The smallest absolute Gasteiger partial charge is 0.0434 e. The highest BCUT2D eigenvalue weighted by atomic mass is 16.2. The lowest BCUT2D eigenvalue weighted by Gasteiger charge is -1.93. The topological polar surface area (TPSA) is 20.2 Å². The third-order valence-electron chi connectivity index (χ3n) is 1.17. The number of rotatable bonds is 3. The summed E-state index contributed by atoms with van der Waals surface area (Å²) < 4.78 is 0. The maximum atomic E-state index is 8.50. The van der Waals surface area contributed by atoms with Crippen LogP contribution in [0.5, 0.6) is 0 Å². The molecule has 10 heavy (non-hydrogen) atoms. The minimum atomic E-state index is 0.280. The van der Waals surface area contributed by atoms with Crippen molar-refractivity contribution in [2.45, 2.75) is 33.6 Å². The van der Waals surface area contributed by atoms with Crippen LogP contribution in [0.4, 0.5) is 0 Å². The van der Waals surface area contributed by atoms with E-state index in [2.05, 4.69) is 5.73 Å². The molecule has 0 bridgehead atoms. The normalized spacial score (nSPS) is 8.80. The Morgan fingerprint density at radius 3 is 2.30 bits per heavy atom. The third-order valence-corrected chi connectivity index (χ3v) is 1.17. The molecule has 0 spiro atoms. The number of aliphatic hydroxyl groups is 1. The first kappa shape index (κ1) is 9.48. The van der Waals surface area contributed by atoms with E-state index in [1.807, 2.05) is 20.8 Å². The average molecular weight is 140 g/mol. The standard InChI is InChI=1S/C9H16O/c1-8(2)7-9(3)5-4-6-10/h10H,4-6H2,1-3H3. The maximum absolute atomic E-state index is 8.50. The molecule has 1 heteroatoms. The second kappa shape index (κ2) is 5.28. The fourth-order valence-electron chi connectivity index (χ4n) is 0.833. The fraction of sp³-hybridized carbons (Fsp3) is 0.667. The molecule has 0 aromatic rings. The van der Waals surface area contributed by atoms with E-state index in [-0.39, 0.29) is 6.61 Å². The van der Waals surface area contributed by atoms with Crippen LogP contribution in [0, 0.1) is 0 Å². The number of aliphatic hydroxyl groups excluding tert-OH is 1. The molecule has 58 valence electrons. The van der Waals surface area contributed by atoms with E-state index in [4.69, 9.17) is 5.11 Å². The zero-order chi connectivity index (χ0) is 7.98. The molecule has 1 N–H and O–H groups in total. The number of hydrogen-bond acceptors (Lipinski definition) is 1. The Labute approximate surface area is 63.1 Å². The SMILES string of the molecule is CC(C)=C=C(C)CCCO. The van der Waals surface area contributed by atoms with Crippen molar-refractivity contribution in [3.05, 3.63) is 16.9 Å². The van der Waals surface area contributed by atoms with Crippen molar-refractivity contribution in [1.29, 1.82) is 0 Å². The molecular formula is C9H16O. The van der Waals surface area contributed by atoms with Gasteiger partial charge in [0.15, 0.2) is 0 Å². The van der Waals surface area contributed by atoms with Crippen molar-refractivity contribution < 1.29 is 5.11 Å². The van der Waals surface area contributed by atoms with E-state index in [1.54, 1.807) is 0 Å². The predicted molar refractivity (Wildman–Crippen MR) is 43.9 cm³/mol. The maximum Gasteiger partial charge on any atom is 0.0434 e. The Morgan fingerprint density at radius 2 is 1.90 bits per heavy atom. The van der Waals surface area contributed by atoms with E-state index < -0.39 is 0 Å². The molecule has 0 saturated heterocycles. The molecule has 0 saturated carbocycles. The first-order chi connectivity index (χ1) is 4.66.